The first kappa shape index (κ1) is 16.0. The van der Waals surface area contributed by atoms with Gasteiger partial charge in [-0.25, -0.2) is 0 Å². The van der Waals surface area contributed by atoms with Crippen molar-refractivity contribution < 1.29 is 18.9 Å². The maximum atomic E-state index is 6.34. The van der Waals surface area contributed by atoms with Gasteiger partial charge in [0.05, 0.1) is 50.8 Å². The molecule has 0 bridgehead atoms. The SMILES string of the molecule is NCC1CCCC(CC2CO2)(CC2CO2)C1(CC1CO1)CC1CO1. The topological polar surface area (TPSA) is 76.1 Å². The lowest BCUT2D eigenvalue weighted by Gasteiger charge is -2.58. The highest BCUT2D eigenvalue weighted by Crippen LogP contribution is 2.65. The molecule has 0 spiro atoms. The van der Waals surface area contributed by atoms with Crippen molar-refractivity contribution in [1.82, 2.24) is 0 Å². The standard InChI is InChI=1S/C19H31NO4/c20-8-13-2-1-3-18(4-14-9-21-14,5-15-10-22-15)19(13,6-16-11-23-16)7-17-12-24-17/h13-17H,1-12,20H2. The monoisotopic (exact) mass is 337 g/mol. The molecule has 5 nitrogen and oxygen atoms in total. The van der Waals surface area contributed by atoms with Gasteiger partial charge in [0.25, 0.3) is 0 Å². The van der Waals surface area contributed by atoms with Crippen LogP contribution in [0.15, 0.2) is 0 Å². The van der Waals surface area contributed by atoms with Gasteiger partial charge < -0.3 is 24.7 Å². The molecule has 0 amide bonds. The van der Waals surface area contributed by atoms with Gasteiger partial charge in [0.2, 0.25) is 0 Å². The molecule has 0 aromatic heterocycles. The number of hydrogen-bond donors (Lipinski definition) is 1. The summed E-state index contributed by atoms with van der Waals surface area (Å²) in [6.45, 7) is 4.53. The van der Waals surface area contributed by atoms with Crippen molar-refractivity contribution in [3.8, 4) is 0 Å². The Morgan fingerprint density at radius 3 is 1.62 bits per heavy atom. The lowest BCUT2D eigenvalue weighted by Crippen LogP contribution is -2.55. The molecule has 0 aromatic rings. The smallest absolute Gasteiger partial charge is 0.0815 e. The van der Waals surface area contributed by atoms with Crippen LogP contribution < -0.4 is 5.73 Å². The van der Waals surface area contributed by atoms with E-state index in [2.05, 4.69) is 0 Å². The Labute approximate surface area is 144 Å². The van der Waals surface area contributed by atoms with Crippen molar-refractivity contribution in [3.05, 3.63) is 0 Å². The van der Waals surface area contributed by atoms with Crippen molar-refractivity contribution in [2.45, 2.75) is 69.4 Å². The second-order valence-electron chi connectivity index (χ2n) is 8.90. The minimum absolute atomic E-state index is 0.236. The fraction of sp³-hybridized carbons (Fsp3) is 1.00. The van der Waals surface area contributed by atoms with Crippen molar-refractivity contribution >= 4 is 0 Å². The molecule has 0 radical (unpaired) electrons. The van der Waals surface area contributed by atoms with Crippen LogP contribution in [-0.2, 0) is 18.9 Å². The largest absolute Gasteiger partial charge is 0.373 e. The van der Waals surface area contributed by atoms with Crippen LogP contribution in [0, 0.1) is 16.7 Å². The van der Waals surface area contributed by atoms with Gasteiger partial charge in [-0.15, -0.1) is 0 Å². The predicted molar refractivity (Wildman–Crippen MR) is 88.7 cm³/mol. The van der Waals surface area contributed by atoms with Gasteiger partial charge in [0.15, 0.2) is 0 Å². The van der Waals surface area contributed by atoms with Gasteiger partial charge in [-0.05, 0) is 61.8 Å². The zero-order chi connectivity index (χ0) is 16.2. The van der Waals surface area contributed by atoms with Crippen LogP contribution in [0.2, 0.25) is 0 Å². The molecular formula is C19H31NO4. The van der Waals surface area contributed by atoms with Crippen LogP contribution in [0.3, 0.4) is 0 Å². The molecule has 5 rings (SSSR count). The van der Waals surface area contributed by atoms with Crippen LogP contribution in [0.1, 0.15) is 44.9 Å². The lowest BCUT2D eigenvalue weighted by molar-refractivity contribution is -0.102. The van der Waals surface area contributed by atoms with Gasteiger partial charge in [-0.1, -0.05) is 6.42 Å². The highest BCUT2D eigenvalue weighted by atomic mass is 16.6. The van der Waals surface area contributed by atoms with E-state index in [1.165, 1.54) is 32.1 Å². The molecular weight excluding hydrogens is 306 g/mol. The Balaban J connectivity index is 1.52. The third-order valence-corrected chi connectivity index (χ3v) is 7.36. The van der Waals surface area contributed by atoms with Crippen LogP contribution in [-0.4, -0.2) is 57.4 Å². The number of nitrogens with two attached hydrogens (primary N) is 1. The highest BCUT2D eigenvalue weighted by molar-refractivity contribution is 5.11. The summed E-state index contributed by atoms with van der Waals surface area (Å²) < 4.78 is 22.9. The summed E-state index contributed by atoms with van der Waals surface area (Å²) in [6.07, 6.45) is 10.3. The zero-order valence-corrected chi connectivity index (χ0v) is 14.6. The summed E-state index contributed by atoms with van der Waals surface area (Å²) >= 11 is 0. The van der Waals surface area contributed by atoms with Crippen LogP contribution in [0.5, 0.6) is 0 Å². The van der Waals surface area contributed by atoms with Gasteiger partial charge in [-0.3, -0.25) is 0 Å². The van der Waals surface area contributed by atoms with Gasteiger partial charge in [-0.2, -0.15) is 0 Å². The summed E-state index contributed by atoms with van der Waals surface area (Å²) in [5.41, 5.74) is 6.86. The first-order chi connectivity index (χ1) is 11.7. The Bertz CT molecular complexity index is 440. The maximum Gasteiger partial charge on any atom is 0.0815 e. The van der Waals surface area contributed by atoms with E-state index in [9.17, 15) is 0 Å². The molecule has 0 aromatic carbocycles. The Hall–Kier alpha value is -0.200. The second-order valence-corrected chi connectivity index (χ2v) is 8.90. The van der Waals surface area contributed by atoms with E-state index in [4.69, 9.17) is 24.7 Å². The van der Waals surface area contributed by atoms with Gasteiger partial charge >= 0.3 is 0 Å². The number of hydrogen-bond acceptors (Lipinski definition) is 5. The van der Waals surface area contributed by atoms with E-state index < -0.39 is 0 Å². The first-order valence-electron chi connectivity index (χ1n) is 9.89. The summed E-state index contributed by atoms with van der Waals surface area (Å²) in [6, 6.07) is 0. The van der Waals surface area contributed by atoms with Crippen LogP contribution in [0.4, 0.5) is 0 Å². The Kier molecular flexibility index (Phi) is 3.95. The first-order valence-corrected chi connectivity index (χ1v) is 9.89. The average Bonchev–Trinajstić information content (AvgIpc) is 3.41. The zero-order valence-electron chi connectivity index (χ0n) is 14.6. The van der Waals surface area contributed by atoms with Crippen molar-refractivity contribution in [2.75, 3.05) is 33.0 Å². The maximum absolute atomic E-state index is 6.34. The molecule has 24 heavy (non-hydrogen) atoms. The van der Waals surface area contributed by atoms with Crippen molar-refractivity contribution in [3.63, 3.8) is 0 Å². The molecule has 5 atom stereocenters. The average molecular weight is 337 g/mol. The molecule has 2 N–H and O–H groups in total. The molecule has 5 unspecified atom stereocenters. The third-order valence-electron chi connectivity index (χ3n) is 7.36. The summed E-state index contributed by atoms with van der Waals surface area (Å²) in [5, 5.41) is 0. The molecule has 5 aliphatic rings. The highest BCUT2D eigenvalue weighted by Gasteiger charge is 2.62. The summed E-state index contributed by atoms with van der Waals surface area (Å²) in [5.74, 6) is 0.581. The quantitative estimate of drug-likeness (QED) is 0.650. The molecule has 4 heterocycles. The Morgan fingerprint density at radius 1 is 0.750 bits per heavy atom. The van der Waals surface area contributed by atoms with Crippen molar-refractivity contribution in [1.29, 1.82) is 0 Å². The molecule has 5 fully saturated rings. The van der Waals surface area contributed by atoms with E-state index >= 15 is 0 Å². The molecule has 1 aliphatic carbocycles. The van der Waals surface area contributed by atoms with Gasteiger partial charge in [0, 0.05) is 0 Å². The predicted octanol–water partition coefficient (Wildman–Crippen LogP) is 1.87. The van der Waals surface area contributed by atoms with Crippen LogP contribution in [0.25, 0.3) is 0 Å². The molecule has 4 saturated heterocycles. The fourth-order valence-electron chi connectivity index (χ4n) is 5.96. The van der Waals surface area contributed by atoms with Gasteiger partial charge in [0.1, 0.15) is 0 Å². The normalized spacial score (nSPS) is 52.1. The van der Waals surface area contributed by atoms with E-state index in [1.807, 2.05) is 0 Å². The van der Waals surface area contributed by atoms with E-state index in [0.29, 0.717) is 30.3 Å². The van der Waals surface area contributed by atoms with E-state index in [-0.39, 0.29) is 10.8 Å². The molecule has 5 heteroatoms. The fourth-order valence-corrected chi connectivity index (χ4v) is 5.96. The van der Waals surface area contributed by atoms with Crippen LogP contribution >= 0.6 is 0 Å². The lowest BCUT2D eigenvalue weighted by atomic mass is 9.46. The number of epoxide rings is 4. The number of ether oxygens (including phenoxy) is 4. The molecule has 136 valence electrons. The third kappa shape index (κ3) is 3.03. The minimum atomic E-state index is 0.236. The second kappa shape index (κ2) is 5.92. The minimum Gasteiger partial charge on any atom is -0.373 e. The Morgan fingerprint density at radius 2 is 1.21 bits per heavy atom. The molecule has 1 saturated carbocycles. The summed E-state index contributed by atoms with van der Waals surface area (Å²) in [7, 11) is 0. The van der Waals surface area contributed by atoms with Crippen molar-refractivity contribution in [2.24, 2.45) is 22.5 Å². The van der Waals surface area contributed by atoms with E-state index in [1.54, 1.807) is 0 Å². The molecule has 4 aliphatic heterocycles. The van der Waals surface area contributed by atoms with E-state index in [0.717, 1.165) is 45.8 Å². The summed E-state index contributed by atoms with van der Waals surface area (Å²) in [4.78, 5) is 0. The number of rotatable bonds is 9.